The molecule has 0 aliphatic heterocycles. The number of carbonyl (C=O) groups is 1. The van der Waals surface area contributed by atoms with Crippen LogP contribution in [-0.2, 0) is 0 Å². The number of rotatable bonds is 4. The summed E-state index contributed by atoms with van der Waals surface area (Å²) in [5.41, 5.74) is 5.03. The van der Waals surface area contributed by atoms with Crippen LogP contribution in [0.1, 0.15) is 15.9 Å². The number of benzene rings is 4. The molecule has 0 saturated carbocycles. The SMILES string of the molecule is O=C(c1ccc(-c2nc3ccccc3cc2O)cc1)c1ccc(-c2nc3ccccc3cc2O)cc1. The molecule has 6 rings (SSSR count). The fourth-order valence-electron chi connectivity index (χ4n) is 4.36. The van der Waals surface area contributed by atoms with E-state index in [4.69, 9.17) is 0 Å². The molecule has 5 heteroatoms. The van der Waals surface area contributed by atoms with Crippen molar-refractivity contribution in [2.75, 3.05) is 0 Å². The molecular formula is C31H20N2O3. The quantitative estimate of drug-likeness (QED) is 0.279. The zero-order chi connectivity index (χ0) is 24.6. The van der Waals surface area contributed by atoms with E-state index in [1.165, 1.54) is 0 Å². The molecule has 0 saturated heterocycles. The maximum atomic E-state index is 13.1. The number of para-hydroxylation sites is 2. The summed E-state index contributed by atoms with van der Waals surface area (Å²) in [5.74, 6) is 0.0577. The van der Waals surface area contributed by atoms with Crippen molar-refractivity contribution in [3.8, 4) is 34.0 Å². The van der Waals surface area contributed by atoms with Gasteiger partial charge in [-0.3, -0.25) is 4.79 Å². The molecule has 0 fully saturated rings. The maximum Gasteiger partial charge on any atom is 0.193 e. The Kier molecular flexibility index (Phi) is 5.16. The van der Waals surface area contributed by atoms with Crippen LogP contribution in [0.5, 0.6) is 11.5 Å². The molecule has 0 amide bonds. The predicted octanol–water partition coefficient (Wildman–Crippen LogP) is 6.76. The first-order valence-electron chi connectivity index (χ1n) is 11.5. The number of fused-ring (bicyclic) bond motifs is 2. The average Bonchev–Trinajstić information content (AvgIpc) is 2.92. The van der Waals surface area contributed by atoms with Crippen molar-refractivity contribution in [3.05, 3.63) is 120 Å². The molecule has 0 unspecified atom stereocenters. The van der Waals surface area contributed by atoms with E-state index in [9.17, 15) is 15.0 Å². The lowest BCUT2D eigenvalue weighted by Gasteiger charge is -2.09. The lowest BCUT2D eigenvalue weighted by atomic mass is 9.99. The molecule has 2 aromatic heterocycles. The normalized spacial score (nSPS) is 11.1. The third-order valence-electron chi connectivity index (χ3n) is 6.25. The van der Waals surface area contributed by atoms with E-state index >= 15 is 0 Å². The van der Waals surface area contributed by atoms with E-state index in [0.29, 0.717) is 22.5 Å². The Morgan fingerprint density at radius 3 is 1.33 bits per heavy atom. The third-order valence-corrected chi connectivity index (χ3v) is 6.25. The van der Waals surface area contributed by atoms with E-state index < -0.39 is 0 Å². The largest absolute Gasteiger partial charge is 0.506 e. The number of carbonyl (C=O) groups excluding carboxylic acids is 1. The smallest absolute Gasteiger partial charge is 0.193 e. The summed E-state index contributed by atoms with van der Waals surface area (Å²) < 4.78 is 0. The Morgan fingerprint density at radius 1 is 0.528 bits per heavy atom. The summed E-state index contributed by atoms with van der Waals surface area (Å²) in [6.07, 6.45) is 0. The van der Waals surface area contributed by atoms with Crippen LogP contribution in [-0.4, -0.2) is 26.0 Å². The van der Waals surface area contributed by atoms with Crippen LogP contribution in [0, 0.1) is 0 Å². The minimum atomic E-state index is -0.125. The average molecular weight is 469 g/mol. The minimum absolute atomic E-state index is 0.0916. The molecule has 0 spiro atoms. The monoisotopic (exact) mass is 468 g/mol. The zero-order valence-corrected chi connectivity index (χ0v) is 19.1. The van der Waals surface area contributed by atoms with Gasteiger partial charge in [0.1, 0.15) is 22.9 Å². The molecule has 172 valence electrons. The van der Waals surface area contributed by atoms with E-state index in [-0.39, 0.29) is 17.3 Å². The fourth-order valence-corrected chi connectivity index (χ4v) is 4.36. The van der Waals surface area contributed by atoms with Crippen LogP contribution < -0.4 is 0 Å². The molecule has 36 heavy (non-hydrogen) atoms. The van der Waals surface area contributed by atoms with Crippen LogP contribution in [0.2, 0.25) is 0 Å². The van der Waals surface area contributed by atoms with Crippen LogP contribution in [0.4, 0.5) is 0 Å². The summed E-state index contributed by atoms with van der Waals surface area (Å²) in [6.45, 7) is 0. The van der Waals surface area contributed by atoms with Gasteiger partial charge in [-0.2, -0.15) is 0 Å². The molecule has 0 bridgehead atoms. The summed E-state index contributed by atoms with van der Waals surface area (Å²) in [6, 6.07) is 32.7. The highest BCUT2D eigenvalue weighted by Gasteiger charge is 2.14. The molecule has 0 aliphatic carbocycles. The Morgan fingerprint density at radius 2 is 0.917 bits per heavy atom. The van der Waals surface area contributed by atoms with E-state index in [2.05, 4.69) is 9.97 Å². The van der Waals surface area contributed by atoms with Gasteiger partial charge in [0.2, 0.25) is 0 Å². The minimum Gasteiger partial charge on any atom is -0.506 e. The van der Waals surface area contributed by atoms with Gasteiger partial charge in [0.05, 0.1) is 11.0 Å². The zero-order valence-electron chi connectivity index (χ0n) is 19.1. The van der Waals surface area contributed by atoms with Gasteiger partial charge in [0.25, 0.3) is 0 Å². The summed E-state index contributed by atoms with van der Waals surface area (Å²) in [4.78, 5) is 22.3. The van der Waals surface area contributed by atoms with E-state index in [0.717, 1.165) is 32.9 Å². The number of aromatic nitrogens is 2. The second kappa shape index (κ2) is 8.64. The first kappa shape index (κ1) is 21.5. The van der Waals surface area contributed by atoms with Crippen LogP contribution >= 0.6 is 0 Å². The Hall–Kier alpha value is -5.03. The van der Waals surface area contributed by atoms with Crippen LogP contribution in [0.15, 0.2) is 109 Å². The van der Waals surface area contributed by atoms with Crippen molar-refractivity contribution in [1.82, 2.24) is 9.97 Å². The van der Waals surface area contributed by atoms with Gasteiger partial charge < -0.3 is 10.2 Å². The van der Waals surface area contributed by atoms with Gasteiger partial charge in [0.15, 0.2) is 5.78 Å². The topological polar surface area (TPSA) is 83.3 Å². The highest BCUT2D eigenvalue weighted by Crippen LogP contribution is 2.32. The number of ketones is 1. The molecule has 5 nitrogen and oxygen atoms in total. The Labute approximate surface area is 207 Å². The number of pyridine rings is 2. The fraction of sp³-hybridized carbons (Fsp3) is 0. The summed E-state index contributed by atoms with van der Waals surface area (Å²) in [5, 5.41) is 22.7. The van der Waals surface area contributed by atoms with Gasteiger partial charge in [-0.1, -0.05) is 84.9 Å². The predicted molar refractivity (Wildman–Crippen MR) is 141 cm³/mol. The molecule has 0 radical (unpaired) electrons. The van der Waals surface area contributed by atoms with Crippen LogP contribution in [0.3, 0.4) is 0 Å². The highest BCUT2D eigenvalue weighted by atomic mass is 16.3. The van der Waals surface area contributed by atoms with Crippen LogP contribution in [0.25, 0.3) is 44.3 Å². The number of nitrogens with zero attached hydrogens (tertiary/aromatic N) is 2. The molecule has 4 aromatic carbocycles. The lowest BCUT2D eigenvalue weighted by molar-refractivity contribution is 0.103. The van der Waals surface area contributed by atoms with E-state index in [1.807, 2.05) is 48.5 Å². The van der Waals surface area contributed by atoms with Gasteiger partial charge in [-0.15, -0.1) is 0 Å². The van der Waals surface area contributed by atoms with Crippen molar-refractivity contribution in [3.63, 3.8) is 0 Å². The second-order valence-corrected chi connectivity index (χ2v) is 8.58. The van der Waals surface area contributed by atoms with Crippen molar-refractivity contribution in [1.29, 1.82) is 0 Å². The maximum absolute atomic E-state index is 13.1. The van der Waals surface area contributed by atoms with Crippen molar-refractivity contribution >= 4 is 27.6 Å². The first-order valence-corrected chi connectivity index (χ1v) is 11.5. The molecule has 2 heterocycles. The molecular weight excluding hydrogens is 448 g/mol. The number of hydrogen-bond donors (Lipinski definition) is 2. The molecule has 6 aromatic rings. The number of aromatic hydroxyl groups is 2. The highest BCUT2D eigenvalue weighted by molar-refractivity contribution is 6.09. The van der Waals surface area contributed by atoms with Gasteiger partial charge in [-0.25, -0.2) is 9.97 Å². The Balaban J connectivity index is 1.27. The summed E-state index contributed by atoms with van der Waals surface area (Å²) in [7, 11) is 0. The molecule has 2 N–H and O–H groups in total. The lowest BCUT2D eigenvalue weighted by Crippen LogP contribution is -2.01. The van der Waals surface area contributed by atoms with Gasteiger partial charge >= 0.3 is 0 Å². The van der Waals surface area contributed by atoms with E-state index in [1.54, 1.807) is 60.7 Å². The third kappa shape index (κ3) is 3.83. The second-order valence-electron chi connectivity index (χ2n) is 8.58. The molecule has 0 atom stereocenters. The van der Waals surface area contributed by atoms with Crippen molar-refractivity contribution in [2.24, 2.45) is 0 Å². The first-order chi connectivity index (χ1) is 17.6. The van der Waals surface area contributed by atoms with Gasteiger partial charge in [0, 0.05) is 33.0 Å². The van der Waals surface area contributed by atoms with Crippen molar-refractivity contribution < 1.29 is 15.0 Å². The summed E-state index contributed by atoms with van der Waals surface area (Å²) >= 11 is 0. The number of hydrogen-bond acceptors (Lipinski definition) is 5. The Bertz CT molecular complexity index is 1630. The molecule has 0 aliphatic rings. The standard InChI is InChI=1S/C31H20N2O3/c34-27-17-23-5-1-3-7-25(23)32-29(27)19-9-13-21(14-10-19)31(36)22-15-11-20(12-16-22)30-28(35)18-24-6-2-4-8-26(24)33-30/h1-18,34-35H. The van der Waals surface area contributed by atoms with Crippen molar-refractivity contribution in [2.45, 2.75) is 0 Å². The van der Waals surface area contributed by atoms with Gasteiger partial charge in [-0.05, 0) is 24.3 Å².